The second-order valence-corrected chi connectivity index (χ2v) is 3.90. The van der Waals surface area contributed by atoms with Crippen molar-refractivity contribution in [2.75, 3.05) is 13.2 Å². The van der Waals surface area contributed by atoms with Crippen LogP contribution in [-0.2, 0) is 4.79 Å². The van der Waals surface area contributed by atoms with E-state index >= 15 is 0 Å². The number of amides is 1. The summed E-state index contributed by atoms with van der Waals surface area (Å²) in [5.74, 6) is 1.05. The summed E-state index contributed by atoms with van der Waals surface area (Å²) in [6, 6.07) is 0. The quantitative estimate of drug-likeness (QED) is 0.684. The highest BCUT2D eigenvalue weighted by molar-refractivity contribution is 5.76. The van der Waals surface area contributed by atoms with E-state index in [9.17, 15) is 4.79 Å². The molecule has 2 N–H and O–H groups in total. The van der Waals surface area contributed by atoms with Gasteiger partial charge in [0.15, 0.2) is 0 Å². The molecule has 0 aromatic rings. The fourth-order valence-corrected chi connectivity index (χ4v) is 1.90. The zero-order valence-corrected chi connectivity index (χ0v) is 8.25. The summed E-state index contributed by atoms with van der Waals surface area (Å²) in [7, 11) is 0. The van der Waals surface area contributed by atoms with Gasteiger partial charge in [0.25, 0.3) is 0 Å². The molecule has 0 aromatic heterocycles. The first-order valence-electron chi connectivity index (χ1n) is 5.13. The summed E-state index contributed by atoms with van der Waals surface area (Å²) in [6.07, 6.45) is 3.73. The van der Waals surface area contributed by atoms with Crippen molar-refractivity contribution in [3.63, 3.8) is 0 Å². The first-order valence-corrected chi connectivity index (χ1v) is 5.13. The van der Waals surface area contributed by atoms with Crippen molar-refractivity contribution in [3.05, 3.63) is 0 Å². The molecule has 2 atom stereocenters. The van der Waals surface area contributed by atoms with E-state index in [0.29, 0.717) is 18.3 Å². The van der Waals surface area contributed by atoms with E-state index in [1.165, 1.54) is 0 Å². The van der Waals surface area contributed by atoms with Crippen molar-refractivity contribution in [1.29, 1.82) is 0 Å². The molecule has 0 spiro atoms. The van der Waals surface area contributed by atoms with Gasteiger partial charge in [0, 0.05) is 19.6 Å². The van der Waals surface area contributed by atoms with Gasteiger partial charge in [-0.25, -0.2) is 0 Å². The SMILES string of the molecule is CCC(CO)CC1CCNC(=O)C1. The number of carbonyl (C=O) groups is 1. The largest absolute Gasteiger partial charge is 0.396 e. The van der Waals surface area contributed by atoms with Crippen LogP contribution in [0.5, 0.6) is 0 Å². The molecule has 3 heteroatoms. The monoisotopic (exact) mass is 185 g/mol. The summed E-state index contributed by atoms with van der Waals surface area (Å²) in [5, 5.41) is 11.8. The van der Waals surface area contributed by atoms with Crippen molar-refractivity contribution in [2.45, 2.75) is 32.6 Å². The maximum atomic E-state index is 11.1. The van der Waals surface area contributed by atoms with Gasteiger partial charge in [-0.1, -0.05) is 13.3 Å². The molecule has 0 aromatic carbocycles. The molecule has 1 aliphatic heterocycles. The first-order chi connectivity index (χ1) is 6.26. The fraction of sp³-hybridized carbons (Fsp3) is 0.900. The minimum absolute atomic E-state index is 0.170. The minimum atomic E-state index is 0.170. The van der Waals surface area contributed by atoms with Gasteiger partial charge in [0.05, 0.1) is 0 Å². The van der Waals surface area contributed by atoms with Gasteiger partial charge in [0.1, 0.15) is 0 Å². The molecule has 0 bridgehead atoms. The van der Waals surface area contributed by atoms with E-state index < -0.39 is 0 Å². The Bertz CT molecular complexity index is 166. The Morgan fingerprint density at radius 3 is 3.00 bits per heavy atom. The Balaban J connectivity index is 2.30. The molecule has 2 unspecified atom stereocenters. The highest BCUT2D eigenvalue weighted by atomic mass is 16.3. The number of nitrogens with one attached hydrogen (secondary N) is 1. The summed E-state index contributed by atoms with van der Waals surface area (Å²) in [4.78, 5) is 11.1. The molecule has 0 saturated carbocycles. The van der Waals surface area contributed by atoms with E-state index in [0.717, 1.165) is 25.8 Å². The molecular formula is C10H19NO2. The van der Waals surface area contributed by atoms with Crippen molar-refractivity contribution < 1.29 is 9.90 Å². The van der Waals surface area contributed by atoms with Crippen molar-refractivity contribution in [1.82, 2.24) is 5.32 Å². The van der Waals surface area contributed by atoms with Gasteiger partial charge in [-0.15, -0.1) is 0 Å². The number of aliphatic hydroxyl groups excluding tert-OH is 1. The van der Waals surface area contributed by atoms with Crippen LogP contribution in [0.3, 0.4) is 0 Å². The van der Waals surface area contributed by atoms with Crippen molar-refractivity contribution >= 4 is 5.91 Å². The van der Waals surface area contributed by atoms with E-state index in [-0.39, 0.29) is 12.5 Å². The lowest BCUT2D eigenvalue weighted by atomic mass is 9.87. The Morgan fingerprint density at radius 1 is 1.69 bits per heavy atom. The van der Waals surface area contributed by atoms with Crippen LogP contribution in [0.4, 0.5) is 0 Å². The number of piperidine rings is 1. The van der Waals surface area contributed by atoms with E-state index in [1.54, 1.807) is 0 Å². The average molecular weight is 185 g/mol. The molecule has 1 fully saturated rings. The van der Waals surface area contributed by atoms with Gasteiger partial charge >= 0.3 is 0 Å². The molecule has 1 amide bonds. The molecule has 13 heavy (non-hydrogen) atoms. The zero-order valence-electron chi connectivity index (χ0n) is 8.25. The number of hydrogen-bond donors (Lipinski definition) is 2. The standard InChI is InChI=1S/C10H19NO2/c1-2-8(7-12)5-9-3-4-11-10(13)6-9/h8-9,12H,2-7H2,1H3,(H,11,13). The summed E-state index contributed by atoms with van der Waals surface area (Å²) in [6.45, 7) is 3.16. The molecular weight excluding hydrogens is 166 g/mol. The molecule has 0 aliphatic carbocycles. The Hall–Kier alpha value is -0.570. The Morgan fingerprint density at radius 2 is 2.46 bits per heavy atom. The second-order valence-electron chi connectivity index (χ2n) is 3.90. The van der Waals surface area contributed by atoms with Gasteiger partial charge in [-0.2, -0.15) is 0 Å². The fourth-order valence-electron chi connectivity index (χ4n) is 1.90. The lowest BCUT2D eigenvalue weighted by Gasteiger charge is -2.24. The molecule has 1 aliphatic rings. The lowest BCUT2D eigenvalue weighted by Crippen LogP contribution is -2.34. The zero-order chi connectivity index (χ0) is 9.68. The first kappa shape index (κ1) is 10.5. The van der Waals surface area contributed by atoms with Crippen molar-refractivity contribution in [2.24, 2.45) is 11.8 Å². The molecule has 1 saturated heterocycles. The van der Waals surface area contributed by atoms with Crippen LogP contribution in [-0.4, -0.2) is 24.2 Å². The predicted octanol–water partition coefficient (Wildman–Crippen LogP) is 0.921. The van der Waals surface area contributed by atoms with Crippen molar-refractivity contribution in [3.8, 4) is 0 Å². The maximum absolute atomic E-state index is 11.1. The maximum Gasteiger partial charge on any atom is 0.220 e. The second kappa shape index (κ2) is 5.22. The van der Waals surface area contributed by atoms with Crippen LogP contribution in [0.2, 0.25) is 0 Å². The lowest BCUT2D eigenvalue weighted by molar-refractivity contribution is -0.123. The Labute approximate surface area is 79.5 Å². The van der Waals surface area contributed by atoms with Gasteiger partial charge in [-0.05, 0) is 24.7 Å². The van der Waals surface area contributed by atoms with Crippen LogP contribution in [0.25, 0.3) is 0 Å². The smallest absolute Gasteiger partial charge is 0.220 e. The number of rotatable bonds is 4. The summed E-state index contributed by atoms with van der Waals surface area (Å²) < 4.78 is 0. The highest BCUT2D eigenvalue weighted by Gasteiger charge is 2.21. The van der Waals surface area contributed by atoms with Gasteiger partial charge in [0.2, 0.25) is 5.91 Å². The summed E-state index contributed by atoms with van der Waals surface area (Å²) in [5.41, 5.74) is 0. The molecule has 1 rings (SSSR count). The molecule has 0 radical (unpaired) electrons. The Kier molecular flexibility index (Phi) is 4.22. The van der Waals surface area contributed by atoms with E-state index in [1.807, 2.05) is 0 Å². The number of aliphatic hydroxyl groups is 1. The summed E-state index contributed by atoms with van der Waals surface area (Å²) >= 11 is 0. The van der Waals surface area contributed by atoms with Gasteiger partial charge < -0.3 is 10.4 Å². The normalized spacial score (nSPS) is 25.4. The minimum Gasteiger partial charge on any atom is -0.396 e. The average Bonchev–Trinajstić information content (AvgIpc) is 2.14. The number of carbonyl (C=O) groups excluding carboxylic acids is 1. The third-order valence-corrected chi connectivity index (χ3v) is 2.85. The highest BCUT2D eigenvalue weighted by Crippen LogP contribution is 2.22. The van der Waals surface area contributed by atoms with Crippen LogP contribution in [0, 0.1) is 11.8 Å². The van der Waals surface area contributed by atoms with E-state index in [2.05, 4.69) is 12.2 Å². The van der Waals surface area contributed by atoms with Crippen LogP contribution in [0.1, 0.15) is 32.6 Å². The third-order valence-electron chi connectivity index (χ3n) is 2.85. The third kappa shape index (κ3) is 3.35. The van der Waals surface area contributed by atoms with Crippen LogP contribution in [0.15, 0.2) is 0 Å². The number of hydrogen-bond acceptors (Lipinski definition) is 2. The predicted molar refractivity (Wildman–Crippen MR) is 51.2 cm³/mol. The topological polar surface area (TPSA) is 49.3 Å². The van der Waals surface area contributed by atoms with Crippen LogP contribution < -0.4 is 5.32 Å². The molecule has 76 valence electrons. The van der Waals surface area contributed by atoms with Gasteiger partial charge in [-0.3, -0.25) is 4.79 Å². The van der Waals surface area contributed by atoms with Crippen LogP contribution >= 0.6 is 0 Å². The molecule has 3 nitrogen and oxygen atoms in total. The van der Waals surface area contributed by atoms with E-state index in [4.69, 9.17) is 5.11 Å². The molecule has 1 heterocycles.